The van der Waals surface area contributed by atoms with Crippen molar-refractivity contribution in [2.45, 2.75) is 138 Å². The van der Waals surface area contributed by atoms with Gasteiger partial charge in [-0.05, 0) is 74.1 Å². The van der Waals surface area contributed by atoms with E-state index in [1.807, 2.05) is 13.8 Å². The Balaban J connectivity index is 8.60. The molecule has 0 aromatic carbocycles. The summed E-state index contributed by atoms with van der Waals surface area (Å²) in [5, 5.41) is 21.4. The van der Waals surface area contributed by atoms with Gasteiger partial charge in [0.2, 0.25) is 0 Å². The van der Waals surface area contributed by atoms with Crippen LogP contribution in [0, 0.1) is 5.41 Å². The van der Waals surface area contributed by atoms with Crippen molar-refractivity contribution in [1.29, 1.82) is 0 Å². The fraction of sp³-hybridized carbons (Fsp3) is 0.939. The lowest BCUT2D eigenvalue weighted by Gasteiger charge is -2.58. The van der Waals surface area contributed by atoms with Crippen LogP contribution in [0.1, 0.15) is 114 Å². The van der Waals surface area contributed by atoms with Gasteiger partial charge in [-0.2, -0.15) is 0 Å². The maximum atomic E-state index is 14.4. The number of rotatable bonds is 32. The second-order valence-electron chi connectivity index (χ2n) is 10.5. The first-order valence-corrected chi connectivity index (χ1v) is 17.2. The SMILES string of the molecule is CCCCCOC(OCC)(C(OCC)(OCC)OCC)C(CCCC(=O)O)(C(=O)O)C(OCCCC)C(OCC)(OCC)OCC. The molecule has 3 atom stereocenters. The van der Waals surface area contributed by atoms with Crippen molar-refractivity contribution in [3.05, 3.63) is 0 Å². The van der Waals surface area contributed by atoms with Gasteiger partial charge in [-0.1, -0.05) is 33.1 Å². The highest BCUT2D eigenvalue weighted by atomic mass is 16.9. The molecule has 0 saturated carbocycles. The van der Waals surface area contributed by atoms with Crippen LogP contribution in [0.2, 0.25) is 0 Å². The summed E-state index contributed by atoms with van der Waals surface area (Å²) in [6.45, 7) is 16.3. The summed E-state index contributed by atoms with van der Waals surface area (Å²) in [4.78, 5) is 26.3. The zero-order chi connectivity index (χ0) is 35.1. The third-order valence-electron chi connectivity index (χ3n) is 7.33. The quantitative estimate of drug-likeness (QED) is 0.0639. The van der Waals surface area contributed by atoms with Crippen molar-refractivity contribution in [3.8, 4) is 0 Å². The first-order chi connectivity index (χ1) is 22.0. The van der Waals surface area contributed by atoms with E-state index in [0.29, 0.717) is 12.8 Å². The summed E-state index contributed by atoms with van der Waals surface area (Å²) in [5.74, 6) is -9.33. The number of carboxylic acids is 2. The first kappa shape index (κ1) is 44.6. The molecule has 274 valence electrons. The van der Waals surface area contributed by atoms with Gasteiger partial charge in [0.1, 0.15) is 0 Å². The molecule has 0 rings (SSSR count). The Labute approximate surface area is 276 Å². The first-order valence-electron chi connectivity index (χ1n) is 17.2. The molecule has 2 N–H and O–H groups in total. The van der Waals surface area contributed by atoms with E-state index in [-0.39, 0.29) is 78.7 Å². The minimum absolute atomic E-state index is 0.0207. The van der Waals surface area contributed by atoms with Gasteiger partial charge in [-0.25, -0.2) is 0 Å². The number of hydrogen-bond acceptors (Lipinski definition) is 11. The summed E-state index contributed by atoms with van der Waals surface area (Å²) in [6.07, 6.45) is 1.05. The molecule has 0 radical (unpaired) electrons. The lowest BCUT2D eigenvalue weighted by Crippen LogP contribution is -2.78. The predicted octanol–water partition coefficient (Wildman–Crippen LogP) is 5.96. The van der Waals surface area contributed by atoms with Gasteiger partial charge in [0.25, 0.3) is 5.79 Å². The molecule has 0 aliphatic rings. The number of hydrogen-bond donors (Lipinski definition) is 2. The van der Waals surface area contributed by atoms with E-state index in [0.717, 1.165) is 19.3 Å². The van der Waals surface area contributed by atoms with Crippen LogP contribution in [0.25, 0.3) is 0 Å². The second kappa shape index (κ2) is 23.8. The number of aliphatic carboxylic acids is 2. The minimum Gasteiger partial charge on any atom is -0.481 e. The predicted molar refractivity (Wildman–Crippen MR) is 171 cm³/mol. The van der Waals surface area contributed by atoms with Crippen LogP contribution < -0.4 is 0 Å². The van der Waals surface area contributed by atoms with Crippen LogP contribution in [0.15, 0.2) is 0 Å². The van der Waals surface area contributed by atoms with Gasteiger partial charge < -0.3 is 52.8 Å². The highest BCUT2D eigenvalue weighted by Gasteiger charge is 2.79. The summed E-state index contributed by atoms with van der Waals surface area (Å²) >= 11 is 0. The Morgan fingerprint density at radius 3 is 1.43 bits per heavy atom. The Kier molecular flexibility index (Phi) is 23.1. The summed E-state index contributed by atoms with van der Waals surface area (Å²) in [5.41, 5.74) is -2.38. The minimum atomic E-state index is -2.41. The zero-order valence-corrected chi connectivity index (χ0v) is 30.0. The van der Waals surface area contributed by atoms with Crippen molar-refractivity contribution in [2.75, 3.05) is 59.5 Å². The van der Waals surface area contributed by atoms with E-state index in [2.05, 4.69) is 0 Å². The van der Waals surface area contributed by atoms with E-state index >= 15 is 0 Å². The van der Waals surface area contributed by atoms with Gasteiger partial charge in [0.15, 0.2) is 11.5 Å². The Bertz CT molecular complexity index is 776. The van der Waals surface area contributed by atoms with Gasteiger partial charge in [0, 0.05) is 59.3 Å². The van der Waals surface area contributed by atoms with Crippen LogP contribution in [0.3, 0.4) is 0 Å². The largest absolute Gasteiger partial charge is 0.481 e. The fourth-order valence-corrected chi connectivity index (χ4v) is 5.69. The number of carboxylic acid groups (broad SMARTS) is 2. The summed E-state index contributed by atoms with van der Waals surface area (Å²) in [7, 11) is 0. The topological polar surface area (TPSA) is 158 Å². The average Bonchev–Trinajstić information content (AvgIpc) is 3.00. The van der Waals surface area contributed by atoms with Crippen LogP contribution in [-0.2, 0) is 52.2 Å². The fourth-order valence-electron chi connectivity index (χ4n) is 5.69. The average molecular weight is 669 g/mol. The Morgan fingerprint density at radius 2 is 1.04 bits per heavy atom. The standard InChI is InChI=1S/C33H64O13/c1-10-19-21-26-46-32(42-15-6,33(43-16-7,44-17-8)45-18-9)30(29(36)37,24-22-23-27(34)35)28(38-25-20-11-2)31(39-12-3,40-13-4)41-14-5/h28H,10-26H2,1-9H3,(H,34,35)(H,36,37). The Hall–Kier alpha value is -1.42. The molecule has 0 bridgehead atoms. The van der Waals surface area contributed by atoms with E-state index in [1.165, 1.54) is 0 Å². The summed E-state index contributed by atoms with van der Waals surface area (Å²) < 4.78 is 57.4. The second-order valence-corrected chi connectivity index (χ2v) is 10.5. The van der Waals surface area contributed by atoms with Crippen molar-refractivity contribution in [1.82, 2.24) is 0 Å². The molecule has 0 aliphatic carbocycles. The molecule has 0 saturated heterocycles. The maximum absolute atomic E-state index is 14.4. The molecule has 0 heterocycles. The van der Waals surface area contributed by atoms with E-state index in [1.54, 1.807) is 48.5 Å². The van der Waals surface area contributed by atoms with Gasteiger partial charge >= 0.3 is 23.9 Å². The highest BCUT2D eigenvalue weighted by molar-refractivity contribution is 5.78. The zero-order valence-electron chi connectivity index (χ0n) is 30.0. The third kappa shape index (κ3) is 11.1. The van der Waals surface area contributed by atoms with Crippen molar-refractivity contribution in [2.24, 2.45) is 5.41 Å². The molecule has 0 fully saturated rings. The smallest absolute Gasteiger partial charge is 0.342 e. The molecular formula is C33H64O13. The lowest BCUT2D eigenvalue weighted by molar-refractivity contribution is -0.533. The molecule has 46 heavy (non-hydrogen) atoms. The summed E-state index contributed by atoms with van der Waals surface area (Å²) in [6, 6.07) is 0. The normalized spacial score (nSPS) is 15.8. The van der Waals surface area contributed by atoms with Crippen LogP contribution in [0.5, 0.6) is 0 Å². The monoisotopic (exact) mass is 668 g/mol. The van der Waals surface area contributed by atoms with Crippen LogP contribution in [0.4, 0.5) is 0 Å². The van der Waals surface area contributed by atoms with Gasteiger partial charge in [-0.15, -0.1) is 0 Å². The molecule has 13 nitrogen and oxygen atoms in total. The molecule has 0 aromatic rings. The number of carbonyl (C=O) groups is 2. The molecule has 0 amide bonds. The van der Waals surface area contributed by atoms with Crippen molar-refractivity contribution in [3.63, 3.8) is 0 Å². The van der Waals surface area contributed by atoms with Crippen LogP contribution >= 0.6 is 0 Å². The third-order valence-corrected chi connectivity index (χ3v) is 7.33. The molecule has 0 aliphatic heterocycles. The molecule has 13 heteroatoms. The molecule has 3 unspecified atom stereocenters. The van der Waals surface area contributed by atoms with Crippen molar-refractivity contribution < 1.29 is 62.4 Å². The van der Waals surface area contributed by atoms with E-state index < -0.39 is 41.2 Å². The highest BCUT2D eigenvalue weighted by Crippen LogP contribution is 2.56. The number of ether oxygens (including phenoxy) is 9. The van der Waals surface area contributed by atoms with E-state index in [9.17, 15) is 19.8 Å². The number of unbranched alkanes of at least 4 members (excludes halogenated alkanes) is 3. The van der Waals surface area contributed by atoms with Crippen LogP contribution in [-0.4, -0.2) is 105 Å². The molecule has 0 aromatic heterocycles. The lowest BCUT2D eigenvalue weighted by atomic mass is 9.67. The van der Waals surface area contributed by atoms with Crippen molar-refractivity contribution >= 4 is 11.9 Å². The molecule has 0 spiro atoms. The molecular weight excluding hydrogens is 604 g/mol. The van der Waals surface area contributed by atoms with Gasteiger partial charge in [-0.3, -0.25) is 9.59 Å². The maximum Gasteiger partial charge on any atom is 0.342 e. The van der Waals surface area contributed by atoms with E-state index in [4.69, 9.17) is 42.6 Å². The Morgan fingerprint density at radius 1 is 0.565 bits per heavy atom. The van der Waals surface area contributed by atoms with Gasteiger partial charge in [0.05, 0.1) is 6.61 Å².